The van der Waals surface area contributed by atoms with Crippen LogP contribution in [0.25, 0.3) is 10.9 Å². The minimum absolute atomic E-state index is 0.275. The van der Waals surface area contributed by atoms with Gasteiger partial charge in [-0.1, -0.05) is 11.6 Å². The van der Waals surface area contributed by atoms with Gasteiger partial charge in [0.1, 0.15) is 5.69 Å². The van der Waals surface area contributed by atoms with Crippen LogP contribution >= 0.6 is 0 Å². The molecule has 1 aromatic heterocycles. The SMILES string of the molecule is Cc1ccc2nc(C)cc(C(=O)NNc3ccc(C(F)(F)F)cc3[N+](=O)[O-])c2c1. The summed E-state index contributed by atoms with van der Waals surface area (Å²) < 4.78 is 38.4. The average Bonchev–Trinajstić information content (AvgIpc) is 2.64. The highest BCUT2D eigenvalue weighted by Gasteiger charge is 2.33. The van der Waals surface area contributed by atoms with Crippen LogP contribution in [0.2, 0.25) is 0 Å². The van der Waals surface area contributed by atoms with Crippen molar-refractivity contribution in [1.29, 1.82) is 0 Å². The number of benzene rings is 2. The Morgan fingerprint density at radius 2 is 1.83 bits per heavy atom. The van der Waals surface area contributed by atoms with Gasteiger partial charge in [0.05, 0.1) is 21.6 Å². The summed E-state index contributed by atoms with van der Waals surface area (Å²) >= 11 is 0. The molecule has 29 heavy (non-hydrogen) atoms. The summed E-state index contributed by atoms with van der Waals surface area (Å²) in [6.45, 7) is 3.56. The molecule has 0 unspecified atom stereocenters. The maximum Gasteiger partial charge on any atom is 0.416 e. The zero-order valence-corrected chi connectivity index (χ0v) is 15.3. The molecule has 3 rings (SSSR count). The third-order valence-corrected chi connectivity index (χ3v) is 4.17. The molecule has 0 radical (unpaired) electrons. The number of nitrogens with zero attached hydrogens (tertiary/aromatic N) is 2. The molecule has 0 fully saturated rings. The van der Waals surface area contributed by atoms with Crippen LogP contribution in [0.5, 0.6) is 0 Å². The average molecular weight is 404 g/mol. The number of fused-ring (bicyclic) bond motifs is 1. The number of anilines is 1. The molecule has 2 N–H and O–H groups in total. The van der Waals surface area contributed by atoms with E-state index in [0.717, 1.165) is 11.6 Å². The van der Waals surface area contributed by atoms with Crippen LogP contribution in [0, 0.1) is 24.0 Å². The van der Waals surface area contributed by atoms with Crippen molar-refractivity contribution in [2.24, 2.45) is 0 Å². The van der Waals surface area contributed by atoms with Crippen LogP contribution < -0.4 is 10.9 Å². The van der Waals surface area contributed by atoms with Gasteiger partial charge in [-0.05, 0) is 44.2 Å². The second-order valence-corrected chi connectivity index (χ2v) is 6.40. The van der Waals surface area contributed by atoms with Crippen LogP contribution in [0.3, 0.4) is 0 Å². The molecule has 0 aliphatic carbocycles. The van der Waals surface area contributed by atoms with Crippen LogP contribution in [0.4, 0.5) is 24.5 Å². The summed E-state index contributed by atoms with van der Waals surface area (Å²) in [6.07, 6.45) is -4.72. The molecule has 3 aromatic rings. The second kappa shape index (κ2) is 7.38. The first-order valence-electron chi connectivity index (χ1n) is 8.36. The first kappa shape index (κ1) is 20.1. The van der Waals surface area contributed by atoms with Gasteiger partial charge >= 0.3 is 6.18 Å². The van der Waals surface area contributed by atoms with E-state index < -0.39 is 28.3 Å². The van der Waals surface area contributed by atoms with Gasteiger partial charge in [-0.25, -0.2) is 0 Å². The number of carbonyl (C=O) groups is 1. The van der Waals surface area contributed by atoms with E-state index in [-0.39, 0.29) is 11.3 Å². The van der Waals surface area contributed by atoms with Gasteiger partial charge < -0.3 is 0 Å². The molecule has 1 heterocycles. The van der Waals surface area contributed by atoms with Gasteiger partial charge in [0, 0.05) is 17.1 Å². The fraction of sp³-hybridized carbons (Fsp3) is 0.158. The van der Waals surface area contributed by atoms with Crippen molar-refractivity contribution in [1.82, 2.24) is 10.4 Å². The zero-order chi connectivity index (χ0) is 21.3. The van der Waals surface area contributed by atoms with E-state index >= 15 is 0 Å². The molecule has 0 spiro atoms. The van der Waals surface area contributed by atoms with E-state index in [1.807, 2.05) is 13.0 Å². The monoisotopic (exact) mass is 404 g/mol. The van der Waals surface area contributed by atoms with Crippen molar-refractivity contribution in [3.05, 3.63) is 75.0 Å². The van der Waals surface area contributed by atoms with Crippen LogP contribution in [-0.4, -0.2) is 15.8 Å². The maximum absolute atomic E-state index is 12.8. The first-order valence-corrected chi connectivity index (χ1v) is 8.36. The number of rotatable bonds is 4. The number of aryl methyl sites for hydroxylation is 2. The highest BCUT2D eigenvalue weighted by molar-refractivity contribution is 6.06. The summed E-state index contributed by atoms with van der Waals surface area (Å²) in [5, 5.41) is 11.7. The van der Waals surface area contributed by atoms with E-state index in [1.54, 1.807) is 25.1 Å². The highest BCUT2D eigenvalue weighted by Crippen LogP contribution is 2.34. The highest BCUT2D eigenvalue weighted by atomic mass is 19.4. The Balaban J connectivity index is 1.91. The number of nitro groups is 1. The minimum Gasteiger partial charge on any atom is -0.292 e. The normalized spacial score (nSPS) is 11.3. The first-order chi connectivity index (χ1) is 13.6. The van der Waals surface area contributed by atoms with Crippen molar-refractivity contribution >= 4 is 28.2 Å². The summed E-state index contributed by atoms with van der Waals surface area (Å²) in [5.41, 5.74) is 4.77. The molecular formula is C19H15F3N4O3. The number of amides is 1. The number of carbonyl (C=O) groups excluding carboxylic acids is 1. The van der Waals surface area contributed by atoms with Gasteiger partial charge in [0.25, 0.3) is 11.6 Å². The molecule has 7 nitrogen and oxygen atoms in total. The molecule has 1 amide bonds. The minimum atomic E-state index is -4.72. The van der Waals surface area contributed by atoms with E-state index in [2.05, 4.69) is 15.8 Å². The van der Waals surface area contributed by atoms with Crippen molar-refractivity contribution in [2.45, 2.75) is 20.0 Å². The quantitative estimate of drug-likeness (QED) is 0.492. The standard InChI is InChI=1S/C19H15F3N4O3/c1-10-3-5-15-13(7-10)14(8-11(2)23-15)18(27)25-24-16-6-4-12(19(20,21)22)9-17(16)26(28)29/h3-9,24H,1-2H3,(H,25,27). The van der Waals surface area contributed by atoms with Crippen molar-refractivity contribution < 1.29 is 22.9 Å². The van der Waals surface area contributed by atoms with Gasteiger partial charge in [-0.3, -0.25) is 30.7 Å². The predicted molar refractivity (Wildman–Crippen MR) is 100 cm³/mol. The molecule has 10 heteroatoms. The summed E-state index contributed by atoms with van der Waals surface area (Å²) in [4.78, 5) is 27.2. The number of pyridine rings is 1. The Kier molecular flexibility index (Phi) is 5.10. The van der Waals surface area contributed by atoms with Crippen molar-refractivity contribution in [3.8, 4) is 0 Å². The Hall–Kier alpha value is -3.69. The van der Waals surface area contributed by atoms with E-state index in [4.69, 9.17) is 0 Å². The lowest BCUT2D eigenvalue weighted by atomic mass is 10.0. The largest absolute Gasteiger partial charge is 0.416 e. The fourth-order valence-electron chi connectivity index (χ4n) is 2.82. The van der Waals surface area contributed by atoms with E-state index in [1.165, 1.54) is 0 Å². The summed E-state index contributed by atoms with van der Waals surface area (Å²) in [7, 11) is 0. The van der Waals surface area contributed by atoms with Crippen LogP contribution in [0.1, 0.15) is 27.2 Å². The Labute approximate surface area is 162 Å². The molecule has 0 saturated carbocycles. The van der Waals surface area contributed by atoms with E-state index in [9.17, 15) is 28.1 Å². The number of hydrogen-bond donors (Lipinski definition) is 2. The van der Waals surface area contributed by atoms with Crippen molar-refractivity contribution in [3.63, 3.8) is 0 Å². The lowest BCUT2D eigenvalue weighted by Gasteiger charge is -2.13. The fourth-order valence-corrected chi connectivity index (χ4v) is 2.82. The van der Waals surface area contributed by atoms with E-state index in [0.29, 0.717) is 28.7 Å². The Morgan fingerprint density at radius 1 is 1.10 bits per heavy atom. The molecule has 0 saturated heterocycles. The number of nitro benzene ring substituents is 1. The van der Waals surface area contributed by atoms with Gasteiger partial charge in [-0.2, -0.15) is 13.2 Å². The molecule has 0 bridgehead atoms. The lowest BCUT2D eigenvalue weighted by molar-refractivity contribution is -0.384. The molecule has 150 valence electrons. The molecule has 2 aromatic carbocycles. The molecule has 0 atom stereocenters. The number of halogens is 3. The summed E-state index contributed by atoms with van der Waals surface area (Å²) in [6, 6.07) is 8.93. The smallest absolute Gasteiger partial charge is 0.292 e. The number of nitrogens with one attached hydrogen (secondary N) is 2. The van der Waals surface area contributed by atoms with Crippen LogP contribution in [0.15, 0.2) is 42.5 Å². The second-order valence-electron chi connectivity index (χ2n) is 6.40. The summed E-state index contributed by atoms with van der Waals surface area (Å²) in [5.74, 6) is -0.611. The lowest BCUT2D eigenvalue weighted by Crippen LogP contribution is -2.30. The Bertz CT molecular complexity index is 1130. The number of hydrazine groups is 1. The molecule has 0 aliphatic rings. The van der Waals surface area contributed by atoms with Crippen LogP contribution in [-0.2, 0) is 6.18 Å². The van der Waals surface area contributed by atoms with Crippen molar-refractivity contribution in [2.75, 3.05) is 5.43 Å². The third kappa shape index (κ3) is 4.26. The zero-order valence-electron chi connectivity index (χ0n) is 15.3. The molecular weight excluding hydrogens is 389 g/mol. The third-order valence-electron chi connectivity index (χ3n) is 4.17. The Morgan fingerprint density at radius 3 is 2.48 bits per heavy atom. The van der Waals surface area contributed by atoms with Gasteiger partial charge in [0.2, 0.25) is 0 Å². The number of alkyl halides is 3. The van der Waals surface area contributed by atoms with Gasteiger partial charge in [0.15, 0.2) is 0 Å². The van der Waals surface area contributed by atoms with Gasteiger partial charge in [-0.15, -0.1) is 0 Å². The predicted octanol–water partition coefficient (Wildman–Crippen LogP) is 4.54. The maximum atomic E-state index is 12.8. The number of aromatic nitrogens is 1. The number of hydrogen-bond acceptors (Lipinski definition) is 5. The topological polar surface area (TPSA) is 97.2 Å². The molecule has 0 aliphatic heterocycles.